The molecule has 8 aromatic heterocycles. The van der Waals surface area contributed by atoms with Gasteiger partial charge in [-0.15, -0.1) is 0 Å². The first kappa shape index (κ1) is 108. The second-order valence-corrected chi connectivity index (χ2v) is 44.7. The average molecular weight is 1890 g/mol. The largest absolute Gasteiger partial charge is 0.497 e. The molecular formula is C109H135F3N16O10. The van der Waals surface area contributed by atoms with Gasteiger partial charge in [-0.05, 0) is 178 Å². The highest BCUT2D eigenvalue weighted by atomic mass is 19.1. The molecule has 29 heteroatoms. The van der Waals surface area contributed by atoms with Crippen molar-refractivity contribution in [3.63, 3.8) is 0 Å². The van der Waals surface area contributed by atoms with E-state index < -0.39 is 11.6 Å². The zero-order valence-corrected chi connectivity index (χ0v) is 85.3. The van der Waals surface area contributed by atoms with Gasteiger partial charge in [0.15, 0.2) is 0 Å². The summed E-state index contributed by atoms with van der Waals surface area (Å²) in [6.07, 6.45) is 5.70. The van der Waals surface area contributed by atoms with Crippen LogP contribution in [-0.4, -0.2) is 94.0 Å². The van der Waals surface area contributed by atoms with Crippen molar-refractivity contribution in [1.82, 2.24) is 79.7 Å². The van der Waals surface area contributed by atoms with E-state index >= 15 is 0 Å². The Morgan fingerprint density at radius 2 is 0.522 bits per heavy atom. The number of hydrogen-bond donors (Lipinski definition) is 8. The summed E-state index contributed by atoms with van der Waals surface area (Å²) in [5, 5.41) is 4.13. The molecule has 8 aromatic carbocycles. The summed E-state index contributed by atoms with van der Waals surface area (Å²) in [4.78, 5) is 153. The lowest BCUT2D eigenvalue weighted by Crippen LogP contribution is -2.18. The van der Waals surface area contributed by atoms with E-state index in [1.807, 2.05) is 114 Å². The van der Waals surface area contributed by atoms with E-state index in [1.54, 1.807) is 38.5 Å². The van der Waals surface area contributed by atoms with Gasteiger partial charge in [0.1, 0.15) is 86.6 Å². The maximum atomic E-state index is 13.6. The Morgan fingerprint density at radius 3 is 0.920 bits per heavy atom. The lowest BCUT2D eigenvalue weighted by molar-refractivity contribution is 0.399. The Bertz CT molecular complexity index is 7190. The van der Waals surface area contributed by atoms with E-state index in [-0.39, 0.29) is 99.1 Å². The van der Waals surface area contributed by atoms with Gasteiger partial charge in [0.2, 0.25) is 0 Å². The zero-order valence-electron chi connectivity index (χ0n) is 85.3. The molecule has 0 aliphatic carbocycles. The first-order chi connectivity index (χ1) is 63.9. The van der Waals surface area contributed by atoms with Gasteiger partial charge in [-0.3, -0.25) is 38.4 Å². The maximum Gasteiger partial charge on any atom is 0.258 e. The van der Waals surface area contributed by atoms with E-state index in [9.17, 15) is 51.5 Å². The van der Waals surface area contributed by atoms with E-state index in [2.05, 4.69) is 225 Å². The summed E-state index contributed by atoms with van der Waals surface area (Å²) in [6.45, 7) is 56.3. The van der Waals surface area contributed by atoms with E-state index in [0.29, 0.717) is 119 Å². The van der Waals surface area contributed by atoms with Gasteiger partial charge < -0.3 is 49.3 Å². The standard InChI is InChI=1S/2C14H18N2O2.3C14H18N2O.3C13H15FN2O/c1-14(2,3)8-12-15-11-6-5-9(18-4)7-10(11)13(17)16-12;1-14(2,3)8-11-15-12-9(13(17)16-11)6-5-7-10(12)18-4;1-9-5-6-11-10(7-9)13(17)16-12(15-11)8-14(2,3)4;1-9-5-6-10-11(7-9)15-12(16-13(10)17)8-14(2,3)4;1-9-6-5-7-10-12(9)15-11(16-13(10)17)8-14(2,3)4;1-13(2,3)7-11-15-10-5-4-8(14)6-9(10)12(17)16-11;1-13(2,3)7-11-15-10-6-8(14)4-5-9(10)12(17)16-11;1-13(2,3)7-10-15-11-8(12(17)16-10)5-4-6-9(11)14/h2*5-7H,8H2,1-4H3,(H,15,16,17);3*5-7H,8H2,1-4H3,(H,15,16,17);3*4-6H,7H2,1-3H3,(H,15,16,17). The number of aromatic amines is 8. The van der Waals surface area contributed by atoms with Crippen molar-refractivity contribution in [1.29, 1.82) is 0 Å². The summed E-state index contributed by atoms with van der Waals surface area (Å²) < 4.78 is 50.0. The molecule has 0 saturated heterocycles. The van der Waals surface area contributed by atoms with Crippen LogP contribution in [0.5, 0.6) is 11.5 Å². The van der Waals surface area contributed by atoms with Gasteiger partial charge in [0.05, 0.1) is 90.4 Å². The van der Waals surface area contributed by atoms with E-state index in [4.69, 9.17) is 9.47 Å². The molecule has 16 rings (SSSR count). The predicted molar refractivity (Wildman–Crippen MR) is 551 cm³/mol. The van der Waals surface area contributed by atoms with Crippen LogP contribution in [0.1, 0.15) is 229 Å². The van der Waals surface area contributed by atoms with Crippen LogP contribution in [0.25, 0.3) is 87.2 Å². The van der Waals surface area contributed by atoms with Gasteiger partial charge in [0, 0.05) is 57.4 Å². The smallest absolute Gasteiger partial charge is 0.258 e. The normalized spacial score (nSPS) is 11.9. The first-order valence-electron chi connectivity index (χ1n) is 46.1. The third-order valence-electron chi connectivity index (χ3n) is 20.5. The predicted octanol–water partition coefficient (Wildman–Crippen LogP) is 21.5. The van der Waals surface area contributed by atoms with E-state index in [1.165, 1.54) is 48.5 Å². The molecule has 138 heavy (non-hydrogen) atoms. The monoisotopic (exact) mass is 1890 g/mol. The lowest BCUT2D eigenvalue weighted by atomic mass is 9.92. The van der Waals surface area contributed by atoms with Crippen LogP contribution in [0.2, 0.25) is 0 Å². The fraction of sp³-hybridized carbons (Fsp3) is 0.413. The number of aromatic nitrogens is 16. The first-order valence-corrected chi connectivity index (χ1v) is 46.1. The summed E-state index contributed by atoms with van der Waals surface area (Å²) in [5.74, 6) is 5.53. The van der Waals surface area contributed by atoms with Gasteiger partial charge in [0.25, 0.3) is 44.5 Å². The maximum absolute atomic E-state index is 13.6. The number of para-hydroxylation sites is 3. The third kappa shape index (κ3) is 33.0. The molecule has 0 fully saturated rings. The molecule has 0 atom stereocenters. The molecule has 0 spiro atoms. The SMILES string of the molecule is CC(C)(C)Cc1nc2c(F)cccc2c(=O)[nH]1.CC(C)(C)Cc1nc2cc(F)ccc2c(=O)[nH]1.CC(C)(C)Cc1nc2ccc(F)cc2c(=O)[nH]1.COc1ccc2nc(CC(C)(C)C)[nH]c(=O)c2c1.COc1cccc2c(=O)[nH]c(CC(C)(C)C)nc12.Cc1ccc2c(=O)[nH]c(CC(C)(C)C)nc2c1.Cc1ccc2nc(CC(C)(C)C)[nH]c(=O)c2c1.Cc1cccc2c(=O)[nH]c(CC(C)(C)C)nc12. The average Bonchev–Trinajstić information content (AvgIpc) is 0.741. The van der Waals surface area contributed by atoms with Crippen LogP contribution in [0.15, 0.2) is 184 Å². The zero-order chi connectivity index (χ0) is 102. The molecule has 0 unspecified atom stereocenters. The molecule has 0 saturated carbocycles. The number of nitrogens with zero attached hydrogens (tertiary/aromatic N) is 8. The Hall–Kier alpha value is -13.7. The minimum atomic E-state index is -0.455. The molecule has 0 bridgehead atoms. The molecule has 0 radical (unpaired) electrons. The Balaban J connectivity index is 0.000000177. The Morgan fingerprint density at radius 1 is 0.246 bits per heavy atom. The van der Waals surface area contributed by atoms with Crippen LogP contribution in [0, 0.1) is 81.5 Å². The third-order valence-corrected chi connectivity index (χ3v) is 20.5. The fourth-order valence-corrected chi connectivity index (χ4v) is 14.8. The highest BCUT2D eigenvalue weighted by molar-refractivity contribution is 5.85. The van der Waals surface area contributed by atoms with Gasteiger partial charge in [-0.1, -0.05) is 208 Å². The fourth-order valence-electron chi connectivity index (χ4n) is 14.8. The van der Waals surface area contributed by atoms with Crippen molar-refractivity contribution < 1.29 is 22.6 Å². The molecule has 16 aromatic rings. The van der Waals surface area contributed by atoms with Crippen molar-refractivity contribution in [3.05, 3.63) is 309 Å². The van der Waals surface area contributed by atoms with E-state index in [0.717, 1.165) is 88.6 Å². The minimum absolute atomic E-state index is 0.00509. The molecule has 8 N–H and O–H groups in total. The van der Waals surface area contributed by atoms with Crippen molar-refractivity contribution in [3.8, 4) is 11.5 Å². The van der Waals surface area contributed by atoms with Crippen molar-refractivity contribution in [2.75, 3.05) is 14.2 Å². The second kappa shape index (κ2) is 44.2. The number of fused-ring (bicyclic) bond motifs is 8. The number of nitrogens with one attached hydrogen (secondary N) is 8. The van der Waals surface area contributed by atoms with Crippen LogP contribution in [-0.2, 0) is 51.4 Å². The van der Waals surface area contributed by atoms with Crippen molar-refractivity contribution in [2.24, 2.45) is 43.3 Å². The summed E-state index contributed by atoms with van der Waals surface area (Å²) in [6, 6.07) is 40.3. The number of methoxy groups -OCH3 is 2. The van der Waals surface area contributed by atoms with Crippen LogP contribution < -0.4 is 53.9 Å². The molecule has 0 aliphatic heterocycles. The summed E-state index contributed by atoms with van der Waals surface area (Å²) in [7, 11) is 3.16. The number of halogens is 3. The molecule has 26 nitrogen and oxygen atoms in total. The highest BCUT2D eigenvalue weighted by Gasteiger charge is 2.24. The van der Waals surface area contributed by atoms with Gasteiger partial charge in [-0.2, -0.15) is 0 Å². The Kier molecular flexibility index (Phi) is 34.5. The van der Waals surface area contributed by atoms with Crippen LogP contribution >= 0.6 is 0 Å². The number of benzene rings is 8. The molecule has 732 valence electrons. The summed E-state index contributed by atoms with van der Waals surface area (Å²) >= 11 is 0. The Labute approximate surface area is 801 Å². The molecule has 8 heterocycles. The lowest BCUT2D eigenvalue weighted by Gasteiger charge is -2.17. The highest BCUT2D eigenvalue weighted by Crippen LogP contribution is 2.29. The number of hydrogen-bond acceptors (Lipinski definition) is 18. The van der Waals surface area contributed by atoms with Gasteiger partial charge in [-0.25, -0.2) is 53.0 Å². The number of rotatable bonds is 10. The van der Waals surface area contributed by atoms with Crippen molar-refractivity contribution in [2.45, 2.75) is 238 Å². The summed E-state index contributed by atoms with van der Waals surface area (Å²) in [5.41, 5.74) is 7.50. The molecular weight excluding hydrogens is 1750 g/mol. The number of ether oxygens (including phenoxy) is 2. The minimum Gasteiger partial charge on any atom is -0.497 e. The quantitative estimate of drug-likeness (QED) is 0.0630. The van der Waals surface area contributed by atoms with Crippen molar-refractivity contribution >= 4 is 87.2 Å². The molecule has 0 aliphatic rings. The van der Waals surface area contributed by atoms with Gasteiger partial charge >= 0.3 is 0 Å². The number of aryl methyl sites for hydroxylation is 3. The topological polar surface area (TPSA) is 384 Å². The second-order valence-electron chi connectivity index (χ2n) is 44.7. The molecule has 0 amide bonds. The van der Waals surface area contributed by atoms with Crippen LogP contribution in [0.3, 0.4) is 0 Å². The van der Waals surface area contributed by atoms with Crippen LogP contribution in [0.4, 0.5) is 13.2 Å². The number of H-pyrrole nitrogens is 8.